The molecule has 0 aliphatic rings. The summed E-state index contributed by atoms with van der Waals surface area (Å²) in [5.41, 5.74) is 1.34. The highest BCUT2D eigenvalue weighted by Crippen LogP contribution is 2.20. The molecule has 2 heterocycles. The molecule has 0 spiro atoms. The molecule has 0 fully saturated rings. The summed E-state index contributed by atoms with van der Waals surface area (Å²) in [6, 6.07) is 2.05. The fraction of sp³-hybridized carbons (Fsp3) is 0.385. The van der Waals surface area contributed by atoms with Crippen LogP contribution in [0.3, 0.4) is 0 Å². The number of carbonyl (C=O) groups excluding carboxylic acids is 1. The van der Waals surface area contributed by atoms with E-state index in [1.165, 1.54) is 0 Å². The van der Waals surface area contributed by atoms with E-state index in [2.05, 4.69) is 26.3 Å². The molecule has 0 saturated carbocycles. The Hall–Kier alpha value is -1.56. The Morgan fingerprint density at radius 3 is 2.79 bits per heavy atom. The minimum absolute atomic E-state index is 0.130. The van der Waals surface area contributed by atoms with Crippen molar-refractivity contribution in [3.63, 3.8) is 0 Å². The second-order valence-corrected chi connectivity index (χ2v) is 5.50. The molecule has 0 aromatic carbocycles. The molecule has 0 unspecified atom stereocenters. The van der Waals surface area contributed by atoms with E-state index in [0.29, 0.717) is 11.4 Å². The first-order chi connectivity index (χ1) is 9.01. The van der Waals surface area contributed by atoms with Gasteiger partial charge >= 0.3 is 0 Å². The number of anilines is 1. The molecule has 102 valence electrons. The van der Waals surface area contributed by atoms with Crippen molar-refractivity contribution in [3.05, 3.63) is 34.8 Å². The largest absolute Gasteiger partial charge is 0.340 e. The van der Waals surface area contributed by atoms with Gasteiger partial charge in [0.05, 0.1) is 11.9 Å². The minimum Gasteiger partial charge on any atom is -0.340 e. The van der Waals surface area contributed by atoms with Crippen LogP contribution in [0.25, 0.3) is 0 Å². The Bertz CT molecular complexity index is 585. The molecular weight excluding hydrogens is 308 g/mol. The van der Waals surface area contributed by atoms with Crippen molar-refractivity contribution >= 4 is 27.5 Å². The molecule has 0 radical (unpaired) electrons. The average Bonchev–Trinajstić information content (AvgIpc) is 2.95. The van der Waals surface area contributed by atoms with Crippen LogP contribution in [-0.2, 0) is 6.54 Å². The molecule has 6 heteroatoms. The van der Waals surface area contributed by atoms with Crippen LogP contribution in [0.1, 0.15) is 37.3 Å². The van der Waals surface area contributed by atoms with Gasteiger partial charge in [0.15, 0.2) is 0 Å². The smallest absolute Gasteiger partial charge is 0.272 e. The van der Waals surface area contributed by atoms with Crippen LogP contribution < -0.4 is 5.32 Å². The molecule has 0 atom stereocenters. The first-order valence-corrected chi connectivity index (χ1v) is 7.01. The SMILES string of the molecule is CCn1cc(NC(=O)c2cc(Br)cn2C(C)C)cn1. The lowest BCUT2D eigenvalue weighted by molar-refractivity contribution is 0.101. The number of hydrogen-bond donors (Lipinski definition) is 1. The van der Waals surface area contributed by atoms with Crippen LogP contribution in [0.15, 0.2) is 29.1 Å². The first-order valence-electron chi connectivity index (χ1n) is 6.22. The van der Waals surface area contributed by atoms with Gasteiger partial charge in [-0.1, -0.05) is 0 Å². The van der Waals surface area contributed by atoms with E-state index in [1.54, 1.807) is 10.9 Å². The monoisotopic (exact) mass is 324 g/mol. The lowest BCUT2D eigenvalue weighted by Crippen LogP contribution is -2.17. The average molecular weight is 325 g/mol. The summed E-state index contributed by atoms with van der Waals surface area (Å²) >= 11 is 3.40. The van der Waals surface area contributed by atoms with Crippen LogP contribution in [-0.4, -0.2) is 20.3 Å². The maximum atomic E-state index is 12.3. The normalized spacial score (nSPS) is 11.0. The van der Waals surface area contributed by atoms with E-state index in [-0.39, 0.29) is 11.9 Å². The Morgan fingerprint density at radius 2 is 2.21 bits per heavy atom. The number of halogens is 1. The third-order valence-electron chi connectivity index (χ3n) is 2.82. The Kier molecular flexibility index (Phi) is 4.09. The predicted octanol–water partition coefficient (Wildman–Crippen LogP) is 3.30. The van der Waals surface area contributed by atoms with E-state index >= 15 is 0 Å². The number of aromatic nitrogens is 3. The molecule has 5 nitrogen and oxygen atoms in total. The summed E-state index contributed by atoms with van der Waals surface area (Å²) in [4.78, 5) is 12.3. The molecular formula is C13H17BrN4O. The van der Waals surface area contributed by atoms with E-state index in [1.807, 2.05) is 43.8 Å². The number of amides is 1. The summed E-state index contributed by atoms with van der Waals surface area (Å²) in [6.07, 6.45) is 5.38. The zero-order chi connectivity index (χ0) is 14.0. The Morgan fingerprint density at radius 1 is 1.47 bits per heavy atom. The van der Waals surface area contributed by atoms with Crippen LogP contribution in [0.4, 0.5) is 5.69 Å². The molecule has 0 aliphatic heterocycles. The van der Waals surface area contributed by atoms with Crippen LogP contribution in [0.5, 0.6) is 0 Å². The molecule has 19 heavy (non-hydrogen) atoms. The molecule has 2 aromatic rings. The van der Waals surface area contributed by atoms with Gasteiger partial charge in [-0.15, -0.1) is 0 Å². The lowest BCUT2D eigenvalue weighted by atomic mass is 10.3. The van der Waals surface area contributed by atoms with E-state index in [0.717, 1.165) is 11.0 Å². The van der Waals surface area contributed by atoms with Crippen LogP contribution in [0.2, 0.25) is 0 Å². The second kappa shape index (κ2) is 5.61. The van der Waals surface area contributed by atoms with Crippen molar-refractivity contribution in [2.75, 3.05) is 5.32 Å². The van der Waals surface area contributed by atoms with Gasteiger partial charge in [0, 0.05) is 29.5 Å². The Labute approximate surface area is 120 Å². The zero-order valence-electron chi connectivity index (χ0n) is 11.2. The molecule has 0 bridgehead atoms. The third kappa shape index (κ3) is 3.07. The number of nitrogens with one attached hydrogen (secondary N) is 1. The number of hydrogen-bond acceptors (Lipinski definition) is 2. The number of rotatable bonds is 4. The van der Waals surface area contributed by atoms with Crippen molar-refractivity contribution in [2.24, 2.45) is 0 Å². The van der Waals surface area contributed by atoms with Gasteiger partial charge in [0.2, 0.25) is 0 Å². The molecule has 1 amide bonds. The first kappa shape index (κ1) is 13.9. The topological polar surface area (TPSA) is 51.9 Å². The summed E-state index contributed by atoms with van der Waals surface area (Å²) in [7, 11) is 0. The maximum Gasteiger partial charge on any atom is 0.272 e. The summed E-state index contributed by atoms with van der Waals surface area (Å²) < 4.78 is 4.60. The molecule has 1 N–H and O–H groups in total. The van der Waals surface area contributed by atoms with Gasteiger partial charge in [0.1, 0.15) is 5.69 Å². The quantitative estimate of drug-likeness (QED) is 0.938. The molecule has 2 rings (SSSR count). The van der Waals surface area contributed by atoms with Gasteiger partial charge in [-0.2, -0.15) is 5.10 Å². The summed E-state index contributed by atoms with van der Waals surface area (Å²) in [6.45, 7) is 6.86. The van der Waals surface area contributed by atoms with Crippen molar-refractivity contribution in [1.82, 2.24) is 14.3 Å². The molecule has 0 saturated heterocycles. The lowest BCUT2D eigenvalue weighted by Gasteiger charge is -2.12. The maximum absolute atomic E-state index is 12.3. The summed E-state index contributed by atoms with van der Waals surface area (Å²) in [5, 5.41) is 6.99. The van der Waals surface area contributed by atoms with Crippen molar-refractivity contribution in [2.45, 2.75) is 33.4 Å². The van der Waals surface area contributed by atoms with E-state index < -0.39 is 0 Å². The standard InChI is InChI=1S/C13H17BrN4O/c1-4-17-8-11(6-15-17)16-13(19)12-5-10(14)7-18(12)9(2)3/h5-9H,4H2,1-3H3,(H,16,19). The Balaban J connectivity index is 2.20. The third-order valence-corrected chi connectivity index (χ3v) is 3.25. The van der Waals surface area contributed by atoms with Crippen molar-refractivity contribution in [1.29, 1.82) is 0 Å². The predicted molar refractivity (Wildman–Crippen MR) is 78.4 cm³/mol. The van der Waals surface area contributed by atoms with Gasteiger partial charge < -0.3 is 9.88 Å². The van der Waals surface area contributed by atoms with Gasteiger partial charge in [-0.25, -0.2) is 0 Å². The summed E-state index contributed by atoms with van der Waals surface area (Å²) in [5.74, 6) is -0.130. The molecule has 0 aliphatic carbocycles. The van der Waals surface area contributed by atoms with E-state index in [9.17, 15) is 4.79 Å². The van der Waals surface area contributed by atoms with Gasteiger partial charge in [-0.05, 0) is 42.8 Å². The minimum atomic E-state index is -0.130. The van der Waals surface area contributed by atoms with Crippen LogP contribution >= 0.6 is 15.9 Å². The highest BCUT2D eigenvalue weighted by molar-refractivity contribution is 9.10. The van der Waals surface area contributed by atoms with Gasteiger partial charge in [0.25, 0.3) is 5.91 Å². The number of nitrogens with zero attached hydrogens (tertiary/aromatic N) is 3. The fourth-order valence-corrected chi connectivity index (χ4v) is 2.29. The van der Waals surface area contributed by atoms with E-state index in [4.69, 9.17) is 0 Å². The fourth-order valence-electron chi connectivity index (χ4n) is 1.85. The number of aryl methyl sites for hydroxylation is 1. The van der Waals surface area contributed by atoms with Crippen LogP contribution in [0, 0.1) is 0 Å². The highest BCUT2D eigenvalue weighted by Gasteiger charge is 2.15. The number of carbonyl (C=O) groups is 1. The van der Waals surface area contributed by atoms with Gasteiger partial charge in [-0.3, -0.25) is 9.48 Å². The van der Waals surface area contributed by atoms with Crippen molar-refractivity contribution < 1.29 is 4.79 Å². The zero-order valence-corrected chi connectivity index (χ0v) is 12.8. The second-order valence-electron chi connectivity index (χ2n) is 4.58. The molecule has 2 aromatic heterocycles. The highest BCUT2D eigenvalue weighted by atomic mass is 79.9. The van der Waals surface area contributed by atoms with Crippen molar-refractivity contribution in [3.8, 4) is 0 Å².